The van der Waals surface area contributed by atoms with Crippen LogP contribution < -0.4 is 4.90 Å². The van der Waals surface area contributed by atoms with Gasteiger partial charge >= 0.3 is 0 Å². The van der Waals surface area contributed by atoms with E-state index in [-0.39, 0.29) is 0 Å². The van der Waals surface area contributed by atoms with E-state index < -0.39 is 0 Å². The summed E-state index contributed by atoms with van der Waals surface area (Å²) in [7, 11) is 0. The molecular weight excluding hydrogens is 218 g/mol. The summed E-state index contributed by atoms with van der Waals surface area (Å²) in [5.74, 6) is 0.722. The summed E-state index contributed by atoms with van der Waals surface area (Å²) in [4.78, 5) is 2.58. The van der Waals surface area contributed by atoms with E-state index in [1.807, 2.05) is 0 Å². The first-order chi connectivity index (χ1) is 8.81. The van der Waals surface area contributed by atoms with Gasteiger partial charge in [0.25, 0.3) is 0 Å². The van der Waals surface area contributed by atoms with E-state index >= 15 is 0 Å². The van der Waals surface area contributed by atoms with Crippen molar-refractivity contribution in [3.8, 4) is 0 Å². The molecule has 98 valence electrons. The highest BCUT2D eigenvalue weighted by atomic mass is 15.2. The second-order valence-electron chi connectivity index (χ2n) is 5.15. The van der Waals surface area contributed by atoms with Gasteiger partial charge in [-0.1, -0.05) is 51.5 Å². The molecule has 0 aromatic heterocycles. The first-order valence-electron chi connectivity index (χ1n) is 7.36. The lowest BCUT2D eigenvalue weighted by atomic mass is 9.95. The zero-order valence-electron chi connectivity index (χ0n) is 11.9. The minimum Gasteiger partial charge on any atom is -0.342 e. The van der Waals surface area contributed by atoms with Gasteiger partial charge in [-0.15, -0.1) is 0 Å². The fraction of sp³-hybridized carbons (Fsp3) is 0.529. The third kappa shape index (κ3) is 2.45. The molecule has 0 saturated carbocycles. The Balaban J connectivity index is 2.32. The van der Waals surface area contributed by atoms with E-state index in [4.69, 9.17) is 0 Å². The first kappa shape index (κ1) is 13.2. The zero-order valence-corrected chi connectivity index (χ0v) is 11.9. The monoisotopic (exact) mass is 243 g/mol. The first-order valence-corrected chi connectivity index (χ1v) is 7.36. The smallest absolute Gasteiger partial charge is 0.0410 e. The molecule has 0 N–H and O–H groups in total. The molecule has 1 aliphatic heterocycles. The molecule has 0 spiro atoms. The molecule has 1 aromatic rings. The van der Waals surface area contributed by atoms with Crippen molar-refractivity contribution in [2.75, 3.05) is 4.90 Å². The maximum absolute atomic E-state index is 2.58. The molecule has 0 amide bonds. The van der Waals surface area contributed by atoms with Gasteiger partial charge in [0.1, 0.15) is 0 Å². The van der Waals surface area contributed by atoms with Crippen LogP contribution in [-0.2, 0) is 0 Å². The van der Waals surface area contributed by atoms with Crippen molar-refractivity contribution in [3.05, 3.63) is 42.1 Å². The lowest BCUT2D eigenvalue weighted by Gasteiger charge is -2.32. The zero-order chi connectivity index (χ0) is 13.0. The normalized spacial score (nSPS) is 23.3. The molecule has 0 bridgehead atoms. The Morgan fingerprint density at radius 2 is 1.78 bits per heavy atom. The molecule has 0 aliphatic carbocycles. The van der Waals surface area contributed by atoms with Crippen LogP contribution in [0.4, 0.5) is 5.69 Å². The molecule has 1 heteroatoms. The van der Waals surface area contributed by atoms with Gasteiger partial charge in [-0.3, -0.25) is 0 Å². The van der Waals surface area contributed by atoms with Gasteiger partial charge in [-0.25, -0.2) is 0 Å². The van der Waals surface area contributed by atoms with Crippen molar-refractivity contribution < 1.29 is 0 Å². The van der Waals surface area contributed by atoms with Crippen LogP contribution in [0.2, 0.25) is 0 Å². The average Bonchev–Trinajstić information content (AvgIpc) is 2.78. The van der Waals surface area contributed by atoms with E-state index in [9.17, 15) is 0 Å². The predicted molar refractivity (Wildman–Crippen MR) is 79.8 cm³/mol. The van der Waals surface area contributed by atoms with Crippen LogP contribution >= 0.6 is 0 Å². The Bertz CT molecular complexity index is 393. The molecule has 2 atom stereocenters. The van der Waals surface area contributed by atoms with Gasteiger partial charge < -0.3 is 4.90 Å². The molecular formula is C17H25N. The Morgan fingerprint density at radius 3 is 2.33 bits per heavy atom. The van der Waals surface area contributed by atoms with E-state index in [1.54, 1.807) is 0 Å². The molecule has 1 aromatic carbocycles. The third-order valence-corrected chi connectivity index (χ3v) is 3.99. The molecule has 1 nitrogen and oxygen atoms in total. The predicted octanol–water partition coefficient (Wildman–Crippen LogP) is 5.00. The highest BCUT2D eigenvalue weighted by molar-refractivity contribution is 5.55. The van der Waals surface area contributed by atoms with Crippen molar-refractivity contribution in [3.63, 3.8) is 0 Å². The SMILES string of the molecule is CCCC1C(CC)C=C(CC)N1c1ccccc1. The lowest BCUT2D eigenvalue weighted by molar-refractivity contribution is 0.469. The van der Waals surface area contributed by atoms with Crippen molar-refractivity contribution in [1.29, 1.82) is 0 Å². The van der Waals surface area contributed by atoms with Gasteiger partial charge in [0, 0.05) is 17.4 Å². The molecule has 2 unspecified atom stereocenters. The van der Waals surface area contributed by atoms with Gasteiger partial charge in [-0.2, -0.15) is 0 Å². The molecule has 0 radical (unpaired) electrons. The lowest BCUT2D eigenvalue weighted by Crippen LogP contribution is -2.33. The van der Waals surface area contributed by atoms with E-state index in [0.29, 0.717) is 6.04 Å². The maximum atomic E-state index is 2.58. The van der Waals surface area contributed by atoms with Crippen LogP contribution in [0.5, 0.6) is 0 Å². The fourth-order valence-corrected chi connectivity index (χ4v) is 3.11. The molecule has 18 heavy (non-hydrogen) atoms. The summed E-state index contributed by atoms with van der Waals surface area (Å²) >= 11 is 0. The fourth-order valence-electron chi connectivity index (χ4n) is 3.11. The Hall–Kier alpha value is -1.24. The summed E-state index contributed by atoms with van der Waals surface area (Å²) in [5.41, 5.74) is 2.87. The third-order valence-electron chi connectivity index (χ3n) is 3.99. The summed E-state index contributed by atoms with van der Waals surface area (Å²) in [6.07, 6.45) is 7.43. The van der Waals surface area contributed by atoms with Crippen molar-refractivity contribution in [2.24, 2.45) is 5.92 Å². The number of benzene rings is 1. The minimum absolute atomic E-state index is 0.664. The van der Waals surface area contributed by atoms with E-state index in [1.165, 1.54) is 30.6 Å². The Labute approximate surface area is 112 Å². The average molecular weight is 243 g/mol. The number of hydrogen-bond donors (Lipinski definition) is 0. The summed E-state index contributed by atoms with van der Waals surface area (Å²) in [5, 5.41) is 0. The highest BCUT2D eigenvalue weighted by Gasteiger charge is 2.32. The molecule has 1 aliphatic rings. The minimum atomic E-state index is 0.664. The number of nitrogens with zero attached hydrogens (tertiary/aromatic N) is 1. The molecule has 0 fully saturated rings. The topological polar surface area (TPSA) is 3.24 Å². The van der Waals surface area contributed by atoms with Gasteiger partial charge in [0.15, 0.2) is 0 Å². The second-order valence-corrected chi connectivity index (χ2v) is 5.15. The van der Waals surface area contributed by atoms with Crippen LogP contribution in [0, 0.1) is 5.92 Å². The number of para-hydroxylation sites is 1. The highest BCUT2D eigenvalue weighted by Crippen LogP contribution is 2.37. The molecule has 1 heterocycles. The number of rotatable bonds is 5. The summed E-state index contributed by atoms with van der Waals surface area (Å²) in [6.45, 7) is 6.87. The Morgan fingerprint density at radius 1 is 1.06 bits per heavy atom. The van der Waals surface area contributed by atoms with Crippen molar-refractivity contribution in [1.82, 2.24) is 0 Å². The summed E-state index contributed by atoms with van der Waals surface area (Å²) in [6, 6.07) is 11.5. The van der Waals surface area contributed by atoms with E-state index in [2.05, 4.69) is 62.1 Å². The standard InChI is InChI=1S/C17H25N/c1-4-10-17-14(5-2)13-15(6-3)18(17)16-11-8-7-9-12-16/h7-9,11-14,17H,4-6,10H2,1-3H3. The number of anilines is 1. The number of hydrogen-bond acceptors (Lipinski definition) is 1. The van der Waals surface area contributed by atoms with Crippen molar-refractivity contribution >= 4 is 5.69 Å². The quantitative estimate of drug-likeness (QED) is 0.703. The van der Waals surface area contributed by atoms with Crippen LogP contribution in [0.3, 0.4) is 0 Å². The van der Waals surface area contributed by atoms with Crippen molar-refractivity contribution in [2.45, 2.75) is 52.5 Å². The number of allylic oxidation sites excluding steroid dienone is 1. The van der Waals surface area contributed by atoms with E-state index in [0.717, 1.165) is 12.3 Å². The van der Waals surface area contributed by atoms with Gasteiger partial charge in [0.2, 0.25) is 0 Å². The van der Waals surface area contributed by atoms with Crippen LogP contribution in [0.1, 0.15) is 46.5 Å². The Kier molecular flexibility index (Phi) is 4.46. The largest absolute Gasteiger partial charge is 0.342 e. The maximum Gasteiger partial charge on any atom is 0.0410 e. The summed E-state index contributed by atoms with van der Waals surface area (Å²) < 4.78 is 0. The van der Waals surface area contributed by atoms with Gasteiger partial charge in [-0.05, 0) is 37.3 Å². The van der Waals surface area contributed by atoms with Crippen LogP contribution in [-0.4, -0.2) is 6.04 Å². The van der Waals surface area contributed by atoms with Crippen LogP contribution in [0.15, 0.2) is 42.1 Å². The molecule has 2 rings (SSSR count). The molecule has 0 saturated heterocycles. The second kappa shape index (κ2) is 6.08. The van der Waals surface area contributed by atoms with Gasteiger partial charge in [0.05, 0.1) is 0 Å². The van der Waals surface area contributed by atoms with Crippen LogP contribution in [0.25, 0.3) is 0 Å².